The number of esters is 1. The van der Waals surface area contributed by atoms with Crippen LogP contribution in [0.15, 0.2) is 29.2 Å². The van der Waals surface area contributed by atoms with Crippen LogP contribution >= 0.6 is 0 Å². The van der Waals surface area contributed by atoms with Crippen LogP contribution in [0.2, 0.25) is 0 Å². The molecule has 1 aromatic rings. The number of nitrogens with one attached hydrogen (secondary N) is 1. The molecule has 0 aromatic heterocycles. The fraction of sp³-hybridized carbons (Fsp3) is 0.467. The Labute approximate surface area is 131 Å². The van der Waals surface area contributed by atoms with Gasteiger partial charge in [-0.2, -0.15) is 9.98 Å². The van der Waals surface area contributed by atoms with E-state index in [1.165, 1.54) is 12.1 Å². The normalized spacial score (nSPS) is 12.7. The maximum Gasteiger partial charge on any atom is 0.325 e. The van der Waals surface area contributed by atoms with Crippen LogP contribution in [0.5, 0.6) is 0 Å². The third-order valence-electron chi connectivity index (χ3n) is 2.90. The number of nitrogens with zero attached hydrogens (tertiary/aromatic N) is 1. The molecule has 0 saturated carbocycles. The Hall–Kier alpha value is -1.91. The summed E-state index contributed by atoms with van der Waals surface area (Å²) >= 11 is 0. The quantitative estimate of drug-likeness (QED) is 0.771. The molecule has 1 rings (SSSR count). The van der Waals surface area contributed by atoms with E-state index < -0.39 is 28.6 Å². The fourth-order valence-corrected chi connectivity index (χ4v) is 3.04. The summed E-state index contributed by atoms with van der Waals surface area (Å²) < 4.78 is 31.7. The zero-order chi connectivity index (χ0) is 16.8. The first kappa shape index (κ1) is 18.1. The summed E-state index contributed by atoms with van der Waals surface area (Å²) in [6.07, 6.45) is 0.287. The van der Waals surface area contributed by atoms with Crippen LogP contribution in [0.1, 0.15) is 25.8 Å². The third kappa shape index (κ3) is 5.47. The number of nitriles is 1. The molecule has 1 N–H and O–H groups in total. The van der Waals surface area contributed by atoms with Gasteiger partial charge in [-0.3, -0.25) is 4.79 Å². The van der Waals surface area contributed by atoms with Gasteiger partial charge in [0.05, 0.1) is 4.90 Å². The monoisotopic (exact) mass is 324 g/mol. The molecule has 0 amide bonds. The molecule has 22 heavy (non-hydrogen) atoms. The van der Waals surface area contributed by atoms with Crippen LogP contribution in [-0.4, -0.2) is 27.0 Å². The second-order valence-corrected chi connectivity index (χ2v) is 7.10. The summed E-state index contributed by atoms with van der Waals surface area (Å²) in [7, 11) is -3.83. The van der Waals surface area contributed by atoms with Gasteiger partial charge in [-0.15, -0.1) is 0 Å². The molecule has 120 valence electrons. The predicted octanol–water partition coefficient (Wildman–Crippen LogP) is 1.75. The van der Waals surface area contributed by atoms with E-state index in [4.69, 9.17) is 10.00 Å². The molecule has 0 bridgehead atoms. The summed E-state index contributed by atoms with van der Waals surface area (Å²) in [6, 6.07) is 6.99. The first-order valence-electron chi connectivity index (χ1n) is 6.89. The highest BCUT2D eigenvalue weighted by Crippen LogP contribution is 2.14. The predicted molar refractivity (Wildman–Crippen MR) is 81.3 cm³/mol. The molecule has 0 aliphatic heterocycles. The minimum Gasteiger partial charge on any atom is -0.449 e. The molecule has 7 heteroatoms. The lowest BCUT2D eigenvalue weighted by Gasteiger charge is -2.18. The lowest BCUT2D eigenvalue weighted by atomic mass is 10.1. The summed E-state index contributed by atoms with van der Waals surface area (Å²) in [5.41, 5.74) is 0.936. The fourth-order valence-electron chi connectivity index (χ4n) is 1.84. The Morgan fingerprint density at radius 3 is 2.41 bits per heavy atom. The molecule has 1 atom stereocenters. The topological polar surface area (TPSA) is 96.3 Å². The molecule has 1 aromatic carbocycles. The van der Waals surface area contributed by atoms with Gasteiger partial charge < -0.3 is 4.74 Å². The van der Waals surface area contributed by atoms with E-state index in [2.05, 4.69) is 4.72 Å². The molecule has 0 aliphatic rings. The molecule has 0 fully saturated rings. The first-order valence-corrected chi connectivity index (χ1v) is 8.37. The minimum atomic E-state index is -3.83. The molecule has 0 spiro atoms. The number of ether oxygens (including phenoxy) is 1. The Bertz CT molecular complexity index is 645. The second-order valence-electron chi connectivity index (χ2n) is 5.38. The van der Waals surface area contributed by atoms with E-state index in [1.54, 1.807) is 18.2 Å². The molecule has 0 radical (unpaired) electrons. The van der Waals surface area contributed by atoms with E-state index in [0.717, 1.165) is 5.56 Å². The molecule has 0 unspecified atom stereocenters. The van der Waals surface area contributed by atoms with Crippen molar-refractivity contribution in [3.63, 3.8) is 0 Å². The van der Waals surface area contributed by atoms with Crippen LogP contribution in [0.25, 0.3) is 0 Å². The van der Waals surface area contributed by atoms with Crippen molar-refractivity contribution in [3.05, 3.63) is 29.8 Å². The Balaban J connectivity index is 2.94. The summed E-state index contributed by atoms with van der Waals surface area (Å²) in [6.45, 7) is 5.18. The zero-order valence-electron chi connectivity index (χ0n) is 12.9. The highest BCUT2D eigenvalue weighted by atomic mass is 32.2. The van der Waals surface area contributed by atoms with E-state index in [-0.39, 0.29) is 17.2 Å². The van der Waals surface area contributed by atoms with Gasteiger partial charge in [-0.25, -0.2) is 8.42 Å². The SMILES string of the molecule is Cc1ccc(S(=O)(=O)N[C@H](CC(C)C)C(=O)OCC#N)cc1. The second kappa shape index (κ2) is 7.92. The van der Waals surface area contributed by atoms with Gasteiger partial charge in [0, 0.05) is 0 Å². The van der Waals surface area contributed by atoms with E-state index in [0.29, 0.717) is 0 Å². The van der Waals surface area contributed by atoms with Gasteiger partial charge in [-0.1, -0.05) is 31.5 Å². The Morgan fingerprint density at radius 1 is 1.32 bits per heavy atom. The number of rotatable bonds is 7. The lowest BCUT2D eigenvalue weighted by Crippen LogP contribution is -2.42. The number of sulfonamides is 1. The molecule has 6 nitrogen and oxygen atoms in total. The molecular formula is C15H20N2O4S. The van der Waals surface area contributed by atoms with E-state index in [1.807, 2.05) is 20.8 Å². The van der Waals surface area contributed by atoms with Gasteiger partial charge in [0.1, 0.15) is 12.1 Å². The Kier molecular flexibility index (Phi) is 6.53. The van der Waals surface area contributed by atoms with Gasteiger partial charge in [0.25, 0.3) is 0 Å². The van der Waals surface area contributed by atoms with Crippen molar-refractivity contribution < 1.29 is 17.9 Å². The van der Waals surface area contributed by atoms with Crippen LogP contribution in [0, 0.1) is 24.2 Å². The third-order valence-corrected chi connectivity index (χ3v) is 4.39. The molecular weight excluding hydrogens is 304 g/mol. The number of aryl methyl sites for hydroxylation is 1. The van der Waals surface area contributed by atoms with Crippen LogP contribution in [-0.2, 0) is 19.6 Å². The van der Waals surface area contributed by atoms with Crippen molar-refractivity contribution >= 4 is 16.0 Å². The number of carbonyl (C=O) groups excluding carboxylic acids is 1. The molecule has 0 heterocycles. The zero-order valence-corrected chi connectivity index (χ0v) is 13.7. The van der Waals surface area contributed by atoms with Crippen LogP contribution in [0.4, 0.5) is 0 Å². The number of benzene rings is 1. The summed E-state index contributed by atoms with van der Waals surface area (Å²) in [4.78, 5) is 12.0. The van der Waals surface area contributed by atoms with E-state index >= 15 is 0 Å². The number of carbonyl (C=O) groups is 1. The summed E-state index contributed by atoms with van der Waals surface area (Å²) in [5.74, 6) is -0.661. The van der Waals surface area contributed by atoms with Crippen molar-refractivity contribution in [1.29, 1.82) is 5.26 Å². The smallest absolute Gasteiger partial charge is 0.325 e. The summed E-state index contributed by atoms with van der Waals surface area (Å²) in [5, 5.41) is 8.45. The molecule has 0 saturated heterocycles. The maximum atomic E-state index is 12.3. The highest BCUT2D eigenvalue weighted by Gasteiger charge is 2.27. The average Bonchev–Trinajstić information content (AvgIpc) is 2.43. The van der Waals surface area contributed by atoms with Crippen molar-refractivity contribution in [2.75, 3.05) is 6.61 Å². The van der Waals surface area contributed by atoms with Crippen molar-refractivity contribution in [2.45, 2.75) is 38.1 Å². The maximum absolute atomic E-state index is 12.3. The van der Waals surface area contributed by atoms with Crippen LogP contribution in [0.3, 0.4) is 0 Å². The van der Waals surface area contributed by atoms with Crippen LogP contribution < -0.4 is 4.72 Å². The average molecular weight is 324 g/mol. The lowest BCUT2D eigenvalue weighted by molar-refractivity contribution is -0.144. The Morgan fingerprint density at radius 2 is 1.91 bits per heavy atom. The van der Waals surface area contributed by atoms with Crippen molar-refractivity contribution in [1.82, 2.24) is 4.72 Å². The minimum absolute atomic E-state index is 0.0833. The number of hydrogen-bond acceptors (Lipinski definition) is 5. The largest absolute Gasteiger partial charge is 0.449 e. The van der Waals surface area contributed by atoms with Crippen molar-refractivity contribution in [3.8, 4) is 6.07 Å². The van der Waals surface area contributed by atoms with Gasteiger partial charge in [-0.05, 0) is 31.4 Å². The van der Waals surface area contributed by atoms with Gasteiger partial charge in [0.15, 0.2) is 6.61 Å². The molecule has 0 aliphatic carbocycles. The van der Waals surface area contributed by atoms with Crippen molar-refractivity contribution in [2.24, 2.45) is 5.92 Å². The van der Waals surface area contributed by atoms with Gasteiger partial charge >= 0.3 is 5.97 Å². The standard InChI is InChI=1S/C15H20N2O4S/c1-11(2)10-14(15(18)21-9-8-16)17-22(19,20)13-6-4-12(3)5-7-13/h4-7,11,14,17H,9-10H2,1-3H3/t14-/m1/s1. The van der Waals surface area contributed by atoms with E-state index in [9.17, 15) is 13.2 Å². The highest BCUT2D eigenvalue weighted by molar-refractivity contribution is 7.89. The van der Waals surface area contributed by atoms with Gasteiger partial charge in [0.2, 0.25) is 10.0 Å². The number of hydrogen-bond donors (Lipinski definition) is 1. The first-order chi connectivity index (χ1) is 10.3.